The zero-order valence-corrected chi connectivity index (χ0v) is 17.2. The Bertz CT molecular complexity index is 953. The van der Waals surface area contributed by atoms with Crippen LogP contribution in [0.4, 0.5) is 0 Å². The number of sulfonamides is 1. The molecule has 1 saturated heterocycles. The number of ether oxygens (including phenoxy) is 2. The van der Waals surface area contributed by atoms with Crippen LogP contribution in [-0.4, -0.2) is 44.0 Å². The van der Waals surface area contributed by atoms with Crippen LogP contribution >= 0.6 is 11.6 Å². The second-order valence-corrected chi connectivity index (χ2v) is 9.12. The Hall–Kier alpha value is -1.93. The number of benzene rings is 2. The monoisotopic (exact) mass is 423 g/mol. The summed E-state index contributed by atoms with van der Waals surface area (Å²) in [7, 11) is -3.73. The van der Waals surface area contributed by atoms with E-state index < -0.39 is 16.0 Å². The minimum atomic E-state index is -3.73. The van der Waals surface area contributed by atoms with Gasteiger partial charge in [0.05, 0.1) is 22.7 Å². The lowest BCUT2D eigenvalue weighted by Crippen LogP contribution is -2.48. The summed E-state index contributed by atoms with van der Waals surface area (Å²) in [6.45, 7) is 4.22. The molecule has 6 nitrogen and oxygen atoms in total. The average molecular weight is 424 g/mol. The molecule has 1 aliphatic rings. The summed E-state index contributed by atoms with van der Waals surface area (Å²) in [5.41, 5.74) is 0.847. The molecule has 28 heavy (non-hydrogen) atoms. The molecule has 0 aromatic heterocycles. The van der Waals surface area contributed by atoms with Crippen molar-refractivity contribution in [1.82, 2.24) is 4.31 Å². The smallest absolute Gasteiger partial charge is 0.338 e. The van der Waals surface area contributed by atoms with E-state index in [9.17, 15) is 13.2 Å². The molecule has 1 aliphatic heterocycles. The van der Waals surface area contributed by atoms with Crippen LogP contribution in [0.2, 0.25) is 5.02 Å². The first-order chi connectivity index (χ1) is 13.3. The van der Waals surface area contributed by atoms with Gasteiger partial charge in [0.15, 0.2) is 0 Å². The number of nitrogens with zero attached hydrogens (tertiary/aromatic N) is 1. The fourth-order valence-electron chi connectivity index (χ4n) is 3.10. The van der Waals surface area contributed by atoms with Gasteiger partial charge in [0.2, 0.25) is 10.0 Å². The van der Waals surface area contributed by atoms with Crippen molar-refractivity contribution in [1.29, 1.82) is 0 Å². The van der Waals surface area contributed by atoms with E-state index in [1.807, 2.05) is 13.8 Å². The summed E-state index contributed by atoms with van der Waals surface area (Å²) >= 11 is 6.06. The second-order valence-electron chi connectivity index (χ2n) is 6.77. The van der Waals surface area contributed by atoms with Gasteiger partial charge in [-0.1, -0.05) is 35.9 Å². The number of rotatable bonds is 5. The van der Waals surface area contributed by atoms with Crippen LogP contribution < -0.4 is 0 Å². The van der Waals surface area contributed by atoms with Crippen molar-refractivity contribution < 1.29 is 22.7 Å². The van der Waals surface area contributed by atoms with Crippen LogP contribution in [0.3, 0.4) is 0 Å². The van der Waals surface area contributed by atoms with Gasteiger partial charge in [-0.25, -0.2) is 13.2 Å². The third-order valence-electron chi connectivity index (χ3n) is 4.41. The maximum absolute atomic E-state index is 13.0. The molecule has 2 aromatic rings. The molecule has 2 aromatic carbocycles. The van der Waals surface area contributed by atoms with Crippen molar-refractivity contribution in [3.8, 4) is 0 Å². The molecule has 3 rings (SSSR count). The summed E-state index contributed by atoms with van der Waals surface area (Å²) in [5.74, 6) is -0.610. The predicted molar refractivity (Wildman–Crippen MR) is 106 cm³/mol. The molecule has 0 radical (unpaired) electrons. The first kappa shape index (κ1) is 20.8. The molecule has 0 aliphatic carbocycles. The Labute approximate surface area is 170 Å². The maximum atomic E-state index is 13.0. The van der Waals surface area contributed by atoms with Crippen LogP contribution in [0.25, 0.3) is 0 Å². The molecule has 0 saturated carbocycles. The van der Waals surface area contributed by atoms with E-state index in [0.717, 1.165) is 0 Å². The van der Waals surface area contributed by atoms with E-state index >= 15 is 0 Å². The molecule has 0 N–H and O–H groups in total. The van der Waals surface area contributed by atoms with Crippen LogP contribution in [0, 0.1) is 0 Å². The Morgan fingerprint density at radius 3 is 2.50 bits per heavy atom. The summed E-state index contributed by atoms with van der Waals surface area (Å²) in [5, 5.41) is 0.502. The third kappa shape index (κ3) is 4.72. The highest BCUT2D eigenvalue weighted by molar-refractivity contribution is 7.89. The van der Waals surface area contributed by atoms with E-state index in [4.69, 9.17) is 21.1 Å². The third-order valence-corrected chi connectivity index (χ3v) is 6.61. The van der Waals surface area contributed by atoms with Gasteiger partial charge in [0, 0.05) is 23.7 Å². The Morgan fingerprint density at radius 1 is 1.14 bits per heavy atom. The SMILES string of the molecule is CC1CN(S(=O)(=O)c2cccc(C(=O)OCc3ccccc3Cl)c2)CC(C)O1. The quantitative estimate of drug-likeness (QED) is 0.688. The van der Waals surface area contributed by atoms with E-state index in [2.05, 4.69) is 0 Å². The van der Waals surface area contributed by atoms with Crippen LogP contribution in [-0.2, 0) is 26.1 Å². The van der Waals surface area contributed by atoms with Crippen LogP contribution in [0.5, 0.6) is 0 Å². The van der Waals surface area contributed by atoms with Crippen LogP contribution in [0.15, 0.2) is 53.4 Å². The van der Waals surface area contributed by atoms with E-state index in [-0.39, 0.29) is 42.4 Å². The van der Waals surface area contributed by atoms with Gasteiger partial charge in [-0.05, 0) is 38.1 Å². The molecule has 1 fully saturated rings. The standard InChI is InChI=1S/C20H22ClNO5S/c1-14-11-22(12-15(2)27-14)28(24,25)18-8-5-7-16(10-18)20(23)26-13-17-6-3-4-9-19(17)21/h3-10,14-15H,11-13H2,1-2H3. The summed E-state index contributed by atoms with van der Waals surface area (Å²) in [4.78, 5) is 12.5. The molecular formula is C20H22ClNO5S. The second kappa shape index (κ2) is 8.61. The van der Waals surface area contributed by atoms with Gasteiger partial charge in [0.25, 0.3) is 0 Å². The van der Waals surface area contributed by atoms with E-state index in [0.29, 0.717) is 10.6 Å². The maximum Gasteiger partial charge on any atom is 0.338 e. The zero-order chi connectivity index (χ0) is 20.3. The van der Waals surface area contributed by atoms with Gasteiger partial charge < -0.3 is 9.47 Å². The van der Waals surface area contributed by atoms with Crippen molar-refractivity contribution in [3.05, 3.63) is 64.7 Å². The lowest BCUT2D eigenvalue weighted by atomic mass is 10.2. The number of carbonyl (C=O) groups is 1. The number of morpholine rings is 1. The van der Waals surface area contributed by atoms with Gasteiger partial charge in [-0.3, -0.25) is 0 Å². The number of esters is 1. The minimum absolute atomic E-state index is 0.00791. The van der Waals surface area contributed by atoms with Crippen LogP contribution in [0.1, 0.15) is 29.8 Å². The fraction of sp³-hybridized carbons (Fsp3) is 0.350. The number of carbonyl (C=O) groups excluding carboxylic acids is 1. The first-order valence-electron chi connectivity index (χ1n) is 8.93. The highest BCUT2D eigenvalue weighted by atomic mass is 35.5. The van der Waals surface area contributed by atoms with Gasteiger partial charge >= 0.3 is 5.97 Å². The predicted octanol–water partition coefficient (Wildman–Crippen LogP) is 3.49. The largest absolute Gasteiger partial charge is 0.457 e. The summed E-state index contributed by atoms with van der Waals surface area (Å²) < 4.78 is 38.2. The van der Waals surface area contributed by atoms with Gasteiger partial charge in [-0.15, -0.1) is 0 Å². The average Bonchev–Trinajstić information content (AvgIpc) is 2.66. The molecule has 0 spiro atoms. The first-order valence-corrected chi connectivity index (χ1v) is 10.8. The fourth-order valence-corrected chi connectivity index (χ4v) is 4.93. The van der Waals surface area contributed by atoms with Crippen molar-refractivity contribution in [3.63, 3.8) is 0 Å². The lowest BCUT2D eigenvalue weighted by Gasteiger charge is -2.34. The van der Waals surface area contributed by atoms with Gasteiger partial charge in [-0.2, -0.15) is 4.31 Å². The molecule has 2 atom stereocenters. The van der Waals surface area contributed by atoms with Crippen molar-refractivity contribution in [2.75, 3.05) is 13.1 Å². The topological polar surface area (TPSA) is 72.9 Å². The Morgan fingerprint density at radius 2 is 1.82 bits per heavy atom. The van der Waals surface area contributed by atoms with Crippen molar-refractivity contribution in [2.45, 2.75) is 37.6 Å². The van der Waals surface area contributed by atoms with Crippen molar-refractivity contribution >= 4 is 27.6 Å². The molecule has 1 heterocycles. The van der Waals surface area contributed by atoms with Crippen molar-refractivity contribution in [2.24, 2.45) is 0 Å². The lowest BCUT2D eigenvalue weighted by molar-refractivity contribution is -0.0440. The molecular weight excluding hydrogens is 402 g/mol. The highest BCUT2D eigenvalue weighted by Crippen LogP contribution is 2.23. The highest BCUT2D eigenvalue weighted by Gasteiger charge is 2.32. The Kier molecular flexibility index (Phi) is 6.40. The minimum Gasteiger partial charge on any atom is -0.457 e. The zero-order valence-electron chi connectivity index (χ0n) is 15.7. The molecule has 2 unspecified atom stereocenters. The van der Waals surface area contributed by atoms with E-state index in [1.54, 1.807) is 24.3 Å². The Balaban J connectivity index is 1.76. The number of hydrogen-bond donors (Lipinski definition) is 0. The van der Waals surface area contributed by atoms with E-state index in [1.165, 1.54) is 28.6 Å². The number of halogens is 1. The molecule has 0 bridgehead atoms. The molecule has 150 valence electrons. The summed E-state index contributed by atoms with van der Waals surface area (Å²) in [6, 6.07) is 12.9. The van der Waals surface area contributed by atoms with Gasteiger partial charge in [0.1, 0.15) is 6.61 Å². The number of hydrogen-bond acceptors (Lipinski definition) is 5. The molecule has 0 amide bonds. The normalized spacial score (nSPS) is 20.7. The molecule has 8 heteroatoms. The summed E-state index contributed by atoms with van der Waals surface area (Å²) in [6.07, 6.45) is -0.385.